The highest BCUT2D eigenvalue weighted by molar-refractivity contribution is 6.00. The molecule has 0 aliphatic carbocycles. The third-order valence-electron chi connectivity index (χ3n) is 6.84. The lowest BCUT2D eigenvalue weighted by molar-refractivity contribution is 0.0822. The Morgan fingerprint density at radius 1 is 1.00 bits per heavy atom. The van der Waals surface area contributed by atoms with E-state index in [0.717, 1.165) is 16.9 Å². The van der Waals surface area contributed by atoms with Gasteiger partial charge in [-0.2, -0.15) is 0 Å². The first-order valence-electron chi connectivity index (χ1n) is 11.7. The smallest absolute Gasteiger partial charge is 0.224 e. The number of allylic oxidation sites excluding steroid dienone is 1. The van der Waals surface area contributed by atoms with Crippen LogP contribution in [0.2, 0.25) is 0 Å². The summed E-state index contributed by atoms with van der Waals surface area (Å²) in [4.78, 5) is 26.1. The molecule has 0 saturated carbocycles. The van der Waals surface area contributed by atoms with Crippen LogP contribution in [0.5, 0.6) is 11.5 Å². The number of carbonyl (C=O) groups excluding carboxylic acids is 1. The lowest BCUT2D eigenvalue weighted by Gasteiger charge is -2.44. The molecule has 2 aromatic carbocycles. The predicted octanol–water partition coefficient (Wildman–Crippen LogP) is 4.31. The van der Waals surface area contributed by atoms with Gasteiger partial charge in [0.1, 0.15) is 12.4 Å². The van der Waals surface area contributed by atoms with Crippen LogP contribution in [-0.4, -0.2) is 28.7 Å². The minimum Gasteiger partial charge on any atom is -0.503 e. The van der Waals surface area contributed by atoms with Crippen molar-refractivity contribution in [3.8, 4) is 11.5 Å². The minimum atomic E-state index is -0.554. The van der Waals surface area contributed by atoms with Crippen LogP contribution in [0.1, 0.15) is 41.5 Å². The quantitative estimate of drug-likeness (QED) is 0.582. The van der Waals surface area contributed by atoms with Gasteiger partial charge in [0, 0.05) is 30.3 Å². The Balaban J connectivity index is 1.82. The molecule has 5 rings (SSSR count). The molecular formula is C28H28N2O4. The molecule has 3 aromatic rings. The molecular weight excluding hydrogens is 428 g/mol. The lowest BCUT2D eigenvalue weighted by atomic mass is 9.78. The van der Waals surface area contributed by atoms with E-state index in [2.05, 4.69) is 18.9 Å². The number of ether oxygens (including phenoxy) is 1. The van der Waals surface area contributed by atoms with Gasteiger partial charge in [-0.05, 0) is 23.5 Å². The molecule has 0 radical (unpaired) electrons. The first kappa shape index (κ1) is 22.0. The van der Waals surface area contributed by atoms with Crippen LogP contribution in [0.4, 0.5) is 0 Å². The van der Waals surface area contributed by atoms with E-state index in [1.807, 2.05) is 66.7 Å². The number of carbonyl (C=O) groups is 1. The SMILES string of the molecule is CC(C)C1/C=C/COc2ccccc2[C@@H](c2ccccc2)N2CC1C(=O)c1c(O)c(=O)ccn12. The van der Waals surface area contributed by atoms with Crippen LogP contribution in [-0.2, 0) is 0 Å². The average Bonchev–Trinajstić information content (AvgIpc) is 2.86. The number of aromatic hydroxyl groups is 1. The number of nitrogens with zero attached hydrogens (tertiary/aromatic N) is 2. The molecule has 34 heavy (non-hydrogen) atoms. The number of rotatable bonds is 2. The van der Waals surface area contributed by atoms with Gasteiger partial charge in [0.15, 0.2) is 17.2 Å². The number of hydrogen-bond acceptors (Lipinski definition) is 5. The summed E-state index contributed by atoms with van der Waals surface area (Å²) in [6, 6.07) is 18.9. The molecule has 2 aliphatic rings. The average molecular weight is 457 g/mol. The number of para-hydroxylation sites is 1. The van der Waals surface area contributed by atoms with Crippen LogP contribution in [0.3, 0.4) is 0 Å². The standard InChI is InChI=1S/C28H28N2O4/c1-18(2)20-12-8-16-34-24-13-7-6-11-21(24)25(19-9-4-3-5-10-19)30-17-22(20)27(32)26-28(33)23(31)14-15-29(26)30/h3-15,18,20,22,25,33H,16-17H2,1-2H3/b12-8+/t20?,22?,25-/m1/s1. The molecule has 1 N–H and O–H groups in total. The summed E-state index contributed by atoms with van der Waals surface area (Å²) in [6.45, 7) is 4.99. The molecule has 6 nitrogen and oxygen atoms in total. The topological polar surface area (TPSA) is 71.8 Å². The summed E-state index contributed by atoms with van der Waals surface area (Å²) < 4.78 is 7.85. The summed E-state index contributed by atoms with van der Waals surface area (Å²) in [6.07, 6.45) is 5.60. The summed E-state index contributed by atoms with van der Waals surface area (Å²) >= 11 is 0. The molecule has 0 spiro atoms. The van der Waals surface area contributed by atoms with E-state index >= 15 is 0 Å². The zero-order valence-corrected chi connectivity index (χ0v) is 19.3. The zero-order chi connectivity index (χ0) is 23.8. The van der Waals surface area contributed by atoms with Gasteiger partial charge in [-0.25, -0.2) is 0 Å². The van der Waals surface area contributed by atoms with Gasteiger partial charge >= 0.3 is 0 Å². The maximum absolute atomic E-state index is 13.7. The molecule has 2 aliphatic heterocycles. The Kier molecular flexibility index (Phi) is 5.74. The summed E-state index contributed by atoms with van der Waals surface area (Å²) in [7, 11) is 0. The van der Waals surface area contributed by atoms with Crippen LogP contribution in [0.15, 0.2) is 83.8 Å². The Bertz CT molecular complexity index is 1300. The maximum Gasteiger partial charge on any atom is 0.224 e. The fourth-order valence-electron chi connectivity index (χ4n) is 5.19. The number of pyridine rings is 1. The molecule has 174 valence electrons. The molecule has 0 amide bonds. The van der Waals surface area contributed by atoms with E-state index in [4.69, 9.17) is 4.74 Å². The summed E-state index contributed by atoms with van der Waals surface area (Å²) in [5.41, 5.74) is 1.45. The van der Waals surface area contributed by atoms with E-state index in [1.54, 1.807) is 10.9 Å². The first-order valence-corrected chi connectivity index (χ1v) is 11.7. The number of hydrogen-bond donors (Lipinski definition) is 1. The highest BCUT2D eigenvalue weighted by Crippen LogP contribution is 2.40. The predicted molar refractivity (Wildman–Crippen MR) is 131 cm³/mol. The third-order valence-corrected chi connectivity index (χ3v) is 6.84. The van der Waals surface area contributed by atoms with Crippen LogP contribution >= 0.6 is 0 Å². The molecule has 3 atom stereocenters. The fourth-order valence-corrected chi connectivity index (χ4v) is 5.19. The number of fused-ring (bicyclic) bond motifs is 5. The van der Waals surface area contributed by atoms with Gasteiger partial charge in [0.05, 0.1) is 6.04 Å². The van der Waals surface area contributed by atoms with E-state index in [-0.39, 0.29) is 29.4 Å². The Labute approximate surface area is 198 Å². The second-order valence-electron chi connectivity index (χ2n) is 9.23. The highest BCUT2D eigenvalue weighted by atomic mass is 16.5. The van der Waals surface area contributed by atoms with E-state index in [0.29, 0.717) is 13.2 Å². The van der Waals surface area contributed by atoms with Crippen molar-refractivity contribution in [2.75, 3.05) is 18.2 Å². The third kappa shape index (κ3) is 3.69. The number of aromatic nitrogens is 1. The van der Waals surface area contributed by atoms with Crippen LogP contribution in [0.25, 0.3) is 0 Å². The van der Waals surface area contributed by atoms with Gasteiger partial charge in [0.25, 0.3) is 0 Å². The fraction of sp³-hybridized carbons (Fsp3) is 0.286. The number of benzene rings is 2. The van der Waals surface area contributed by atoms with E-state index in [1.165, 1.54) is 6.07 Å². The molecule has 2 bridgehead atoms. The molecule has 6 heteroatoms. The first-order chi connectivity index (χ1) is 16.5. The van der Waals surface area contributed by atoms with Crippen LogP contribution in [0, 0.1) is 17.8 Å². The van der Waals surface area contributed by atoms with E-state index in [9.17, 15) is 14.7 Å². The van der Waals surface area contributed by atoms with Crippen molar-refractivity contribution in [1.82, 2.24) is 4.68 Å². The zero-order valence-electron chi connectivity index (χ0n) is 19.3. The normalized spacial score (nSPS) is 22.9. The van der Waals surface area contributed by atoms with Gasteiger partial charge in [-0.3, -0.25) is 19.3 Å². The van der Waals surface area contributed by atoms with Gasteiger partial charge in [-0.15, -0.1) is 0 Å². The molecule has 1 aromatic heterocycles. The molecule has 0 saturated heterocycles. The monoisotopic (exact) mass is 456 g/mol. The summed E-state index contributed by atoms with van der Waals surface area (Å²) in [5, 5.41) is 12.8. The second-order valence-corrected chi connectivity index (χ2v) is 9.23. The van der Waals surface area contributed by atoms with Crippen molar-refractivity contribution in [1.29, 1.82) is 0 Å². The van der Waals surface area contributed by atoms with Crippen molar-refractivity contribution >= 4 is 5.78 Å². The Hall–Kier alpha value is -3.80. The van der Waals surface area contributed by atoms with Gasteiger partial charge in [0.2, 0.25) is 5.43 Å². The maximum atomic E-state index is 13.7. The lowest BCUT2D eigenvalue weighted by Crippen LogP contribution is -2.52. The van der Waals surface area contributed by atoms with Gasteiger partial charge < -0.3 is 9.84 Å². The Morgan fingerprint density at radius 2 is 1.74 bits per heavy atom. The van der Waals surface area contributed by atoms with Crippen molar-refractivity contribution < 1.29 is 14.6 Å². The van der Waals surface area contributed by atoms with Crippen LogP contribution < -0.4 is 15.2 Å². The number of Topliss-reactive ketones (excluding diaryl/α,β-unsaturated/α-hetero) is 1. The van der Waals surface area contributed by atoms with Crippen molar-refractivity contribution in [3.05, 3.63) is 106 Å². The highest BCUT2D eigenvalue weighted by Gasteiger charge is 2.42. The Morgan fingerprint density at radius 3 is 2.50 bits per heavy atom. The molecule has 2 unspecified atom stereocenters. The van der Waals surface area contributed by atoms with Gasteiger partial charge in [-0.1, -0.05) is 74.5 Å². The minimum absolute atomic E-state index is 0.0429. The second kappa shape index (κ2) is 8.86. The molecule has 3 heterocycles. The molecule has 0 fully saturated rings. The largest absolute Gasteiger partial charge is 0.503 e. The van der Waals surface area contributed by atoms with E-state index < -0.39 is 17.1 Å². The van der Waals surface area contributed by atoms with Crippen molar-refractivity contribution in [2.24, 2.45) is 17.8 Å². The number of ketones is 1. The summed E-state index contributed by atoms with van der Waals surface area (Å²) in [5.74, 6) is -0.297. The van der Waals surface area contributed by atoms with Crippen molar-refractivity contribution in [2.45, 2.75) is 19.9 Å². The van der Waals surface area contributed by atoms with Crippen molar-refractivity contribution in [3.63, 3.8) is 0 Å².